The number of nitrogens with zero attached hydrogens (tertiary/aromatic N) is 3. The third kappa shape index (κ3) is 3.30. The molecule has 0 saturated carbocycles. The first-order chi connectivity index (χ1) is 15.8. The number of primary amides is 1. The van der Waals surface area contributed by atoms with Crippen LogP contribution < -0.4 is 5.73 Å². The Morgan fingerprint density at radius 3 is 2.30 bits per heavy atom. The molecule has 168 valence electrons. The minimum atomic E-state index is -1.88. The van der Waals surface area contributed by atoms with Crippen LogP contribution in [0.15, 0.2) is 66.9 Å². The molecule has 3 atom stereocenters. The second-order valence-corrected chi connectivity index (χ2v) is 8.96. The molecular weight excluding hydrogens is 420 g/mol. The van der Waals surface area contributed by atoms with E-state index in [0.717, 1.165) is 11.1 Å². The number of amides is 1. The lowest BCUT2D eigenvalue weighted by atomic mass is 9.91. The molecular formula is C25H25N4O4+. The van der Waals surface area contributed by atoms with Crippen LogP contribution in [0.4, 0.5) is 0 Å². The summed E-state index contributed by atoms with van der Waals surface area (Å²) in [6, 6.07) is 17.4. The molecule has 1 fully saturated rings. The minimum absolute atomic E-state index is 0.248. The van der Waals surface area contributed by atoms with Crippen molar-refractivity contribution >= 4 is 11.9 Å². The van der Waals surface area contributed by atoms with Gasteiger partial charge in [0.15, 0.2) is 6.10 Å². The number of aliphatic hydroxyl groups is 1. The third-order valence-corrected chi connectivity index (χ3v) is 6.84. The van der Waals surface area contributed by atoms with Crippen LogP contribution in [0.5, 0.6) is 0 Å². The number of carbonyl (C=O) groups is 2. The maximum atomic E-state index is 13.4. The summed E-state index contributed by atoms with van der Waals surface area (Å²) in [6.45, 7) is 0.934. The van der Waals surface area contributed by atoms with Crippen LogP contribution in [0.2, 0.25) is 0 Å². The number of ether oxygens (including phenoxy) is 1. The number of likely N-dealkylation sites (N-methyl/N-ethyl adjacent to an activating group) is 1. The van der Waals surface area contributed by atoms with Gasteiger partial charge in [-0.3, -0.25) is 4.79 Å². The van der Waals surface area contributed by atoms with Gasteiger partial charge in [-0.15, -0.1) is 5.10 Å². The van der Waals surface area contributed by atoms with E-state index >= 15 is 0 Å². The van der Waals surface area contributed by atoms with E-state index in [1.165, 1.54) is 6.20 Å². The quantitative estimate of drug-likeness (QED) is 0.456. The van der Waals surface area contributed by atoms with Crippen molar-refractivity contribution in [3.05, 3.63) is 83.7 Å². The van der Waals surface area contributed by atoms with E-state index in [1.54, 1.807) is 36.4 Å². The van der Waals surface area contributed by atoms with Gasteiger partial charge in [0.25, 0.3) is 5.91 Å². The van der Waals surface area contributed by atoms with Crippen LogP contribution in [-0.4, -0.2) is 57.9 Å². The molecule has 3 N–H and O–H groups in total. The van der Waals surface area contributed by atoms with E-state index in [2.05, 4.69) is 10.2 Å². The molecule has 8 heteroatoms. The predicted molar refractivity (Wildman–Crippen MR) is 119 cm³/mol. The number of benzene rings is 2. The van der Waals surface area contributed by atoms with E-state index in [-0.39, 0.29) is 4.48 Å². The Kier molecular flexibility index (Phi) is 4.99. The topological polar surface area (TPSA) is 115 Å². The summed E-state index contributed by atoms with van der Waals surface area (Å²) in [4.78, 5) is 25.8. The molecule has 0 spiro atoms. The molecule has 1 aliphatic heterocycles. The first-order valence-electron chi connectivity index (χ1n) is 10.9. The van der Waals surface area contributed by atoms with Crippen LogP contribution in [0.3, 0.4) is 0 Å². The standard InChI is InChI=1S/C25H24N4O4/c1-29(22(23(26)30)21-11-6-13-27-28-21)14-12-16(15-29)33-24(31)25(32)19-9-4-2-7-17(19)18-8-3-5-10-20(18)25/h2-11,13,16,22,32H,12,14-15H2,1H3,(H-,26,30)/p+1/t16-,22?,29?/m1/s1. The fraction of sp³-hybridized carbons (Fsp3) is 0.280. The highest BCUT2D eigenvalue weighted by Gasteiger charge is 2.52. The molecule has 0 bridgehead atoms. The Balaban J connectivity index is 1.41. The van der Waals surface area contributed by atoms with Gasteiger partial charge in [0, 0.05) is 23.7 Å². The number of nitrogens with two attached hydrogens (primary N) is 1. The monoisotopic (exact) mass is 445 g/mol. The molecule has 5 rings (SSSR count). The van der Waals surface area contributed by atoms with E-state index in [9.17, 15) is 14.7 Å². The maximum Gasteiger partial charge on any atom is 0.348 e. The maximum absolute atomic E-state index is 13.4. The number of carbonyl (C=O) groups excluding carboxylic acids is 2. The highest BCUT2D eigenvalue weighted by molar-refractivity contribution is 5.96. The summed E-state index contributed by atoms with van der Waals surface area (Å²) in [5.74, 6) is -1.23. The Morgan fingerprint density at radius 1 is 1.09 bits per heavy atom. The van der Waals surface area contributed by atoms with Crippen LogP contribution >= 0.6 is 0 Å². The number of hydrogen-bond acceptors (Lipinski definition) is 6. The van der Waals surface area contributed by atoms with Gasteiger partial charge < -0.3 is 20.1 Å². The molecule has 1 saturated heterocycles. The molecule has 3 aromatic rings. The Hall–Kier alpha value is -3.62. The van der Waals surface area contributed by atoms with Gasteiger partial charge in [-0.25, -0.2) is 4.79 Å². The van der Waals surface area contributed by atoms with Crippen molar-refractivity contribution < 1.29 is 23.9 Å². The van der Waals surface area contributed by atoms with Crippen LogP contribution in [0, 0.1) is 0 Å². The Morgan fingerprint density at radius 2 is 1.73 bits per heavy atom. The number of likely N-dealkylation sites (tertiary alicyclic amines) is 1. The van der Waals surface area contributed by atoms with Gasteiger partial charge in [-0.05, 0) is 23.3 Å². The molecule has 8 nitrogen and oxygen atoms in total. The van der Waals surface area contributed by atoms with Gasteiger partial charge in [-0.1, -0.05) is 48.5 Å². The van der Waals surface area contributed by atoms with E-state index < -0.39 is 29.6 Å². The number of rotatable bonds is 5. The van der Waals surface area contributed by atoms with Gasteiger partial charge in [0.1, 0.15) is 12.2 Å². The molecule has 1 aliphatic carbocycles. The summed E-state index contributed by atoms with van der Waals surface area (Å²) in [6.07, 6.45) is 1.59. The summed E-state index contributed by atoms with van der Waals surface area (Å²) < 4.78 is 6.13. The lowest BCUT2D eigenvalue weighted by Gasteiger charge is -2.35. The summed E-state index contributed by atoms with van der Waals surface area (Å²) in [5.41, 5.74) is 7.00. The van der Waals surface area contributed by atoms with Gasteiger partial charge in [0.2, 0.25) is 11.6 Å². The van der Waals surface area contributed by atoms with Crippen molar-refractivity contribution in [3.8, 4) is 11.1 Å². The van der Waals surface area contributed by atoms with Crippen molar-refractivity contribution in [1.82, 2.24) is 10.2 Å². The lowest BCUT2D eigenvalue weighted by molar-refractivity contribution is -0.920. The highest BCUT2D eigenvalue weighted by Crippen LogP contribution is 2.48. The zero-order valence-corrected chi connectivity index (χ0v) is 18.2. The third-order valence-electron chi connectivity index (χ3n) is 6.84. The molecule has 0 radical (unpaired) electrons. The Bertz CT molecular complexity index is 1190. The second-order valence-electron chi connectivity index (χ2n) is 8.96. The number of fused-ring (bicyclic) bond motifs is 3. The SMILES string of the molecule is C[N+]1(C(C(N)=O)c2cccnn2)CC[C@@H](OC(=O)C2(O)c3ccccc3-c3ccccc32)C1. The van der Waals surface area contributed by atoms with Crippen molar-refractivity contribution in [1.29, 1.82) is 0 Å². The van der Waals surface area contributed by atoms with Crippen LogP contribution in [0.1, 0.15) is 29.3 Å². The van der Waals surface area contributed by atoms with Crippen molar-refractivity contribution in [3.63, 3.8) is 0 Å². The normalized spacial score (nSPS) is 23.4. The average molecular weight is 445 g/mol. The molecule has 2 aliphatic rings. The van der Waals surface area contributed by atoms with E-state index in [4.69, 9.17) is 10.5 Å². The van der Waals surface area contributed by atoms with Gasteiger partial charge in [0.05, 0.1) is 13.6 Å². The first kappa shape index (κ1) is 21.2. The minimum Gasteiger partial charge on any atom is -0.453 e. The average Bonchev–Trinajstić information content (AvgIpc) is 3.31. The number of hydrogen-bond donors (Lipinski definition) is 2. The second kappa shape index (κ2) is 7.75. The first-order valence-corrected chi connectivity index (χ1v) is 10.9. The molecule has 2 heterocycles. The largest absolute Gasteiger partial charge is 0.453 e. The number of esters is 1. The van der Waals surface area contributed by atoms with Gasteiger partial charge >= 0.3 is 5.97 Å². The zero-order valence-electron chi connectivity index (χ0n) is 18.2. The van der Waals surface area contributed by atoms with Gasteiger partial charge in [-0.2, -0.15) is 5.10 Å². The van der Waals surface area contributed by atoms with Crippen LogP contribution in [-0.2, 0) is 19.9 Å². The van der Waals surface area contributed by atoms with Crippen LogP contribution in [0.25, 0.3) is 11.1 Å². The number of quaternary nitrogens is 1. The molecule has 2 aromatic carbocycles. The van der Waals surface area contributed by atoms with Crippen molar-refractivity contribution in [2.45, 2.75) is 24.2 Å². The van der Waals surface area contributed by atoms with Crippen molar-refractivity contribution in [2.24, 2.45) is 5.73 Å². The summed E-state index contributed by atoms with van der Waals surface area (Å²) in [7, 11) is 1.90. The summed E-state index contributed by atoms with van der Waals surface area (Å²) >= 11 is 0. The molecule has 1 aromatic heterocycles. The van der Waals surface area contributed by atoms with E-state index in [0.29, 0.717) is 36.3 Å². The molecule has 33 heavy (non-hydrogen) atoms. The fourth-order valence-electron chi connectivity index (χ4n) is 5.32. The zero-order chi connectivity index (χ0) is 23.2. The Labute approximate surface area is 191 Å². The highest BCUT2D eigenvalue weighted by atomic mass is 16.6. The number of aromatic nitrogens is 2. The smallest absolute Gasteiger partial charge is 0.348 e. The summed E-state index contributed by atoms with van der Waals surface area (Å²) in [5, 5.41) is 19.6. The fourth-order valence-corrected chi connectivity index (χ4v) is 5.32. The van der Waals surface area contributed by atoms with Crippen molar-refractivity contribution in [2.75, 3.05) is 20.1 Å². The van der Waals surface area contributed by atoms with E-state index in [1.807, 2.05) is 31.3 Å². The predicted octanol–water partition coefficient (Wildman–Crippen LogP) is 1.68. The molecule has 2 unspecified atom stereocenters. The molecule has 1 amide bonds. The lowest BCUT2D eigenvalue weighted by Crippen LogP contribution is -2.51.